The highest BCUT2D eigenvalue weighted by atomic mass is 79.9. The van der Waals surface area contributed by atoms with Crippen molar-refractivity contribution in [3.8, 4) is 0 Å². The number of nitrogens with two attached hydrogens (primary N) is 1. The molecule has 0 amide bonds. The van der Waals surface area contributed by atoms with Crippen molar-refractivity contribution >= 4 is 48.3 Å². The van der Waals surface area contributed by atoms with Crippen LogP contribution in [0.1, 0.15) is 5.56 Å². The Morgan fingerprint density at radius 1 is 1.06 bits per heavy atom. The van der Waals surface area contributed by atoms with E-state index in [1.54, 1.807) is 0 Å². The van der Waals surface area contributed by atoms with Gasteiger partial charge in [-0.1, -0.05) is 24.3 Å². The van der Waals surface area contributed by atoms with Crippen LogP contribution in [0.2, 0.25) is 0 Å². The summed E-state index contributed by atoms with van der Waals surface area (Å²) in [6.45, 7) is 0. The van der Waals surface area contributed by atoms with Crippen LogP contribution in [0.4, 0.5) is 5.69 Å². The number of hydrogen-bond acceptors (Lipinski definition) is 2. The molecule has 0 aromatic heterocycles. The van der Waals surface area contributed by atoms with Gasteiger partial charge in [0.15, 0.2) is 0 Å². The van der Waals surface area contributed by atoms with E-state index in [2.05, 4.69) is 31.9 Å². The summed E-state index contributed by atoms with van der Waals surface area (Å²) in [7, 11) is -1.10. The van der Waals surface area contributed by atoms with E-state index in [1.165, 1.54) is 0 Å². The molecular formula is C13H11Br2NOS. The summed E-state index contributed by atoms with van der Waals surface area (Å²) >= 11 is 6.84. The fourth-order valence-electron chi connectivity index (χ4n) is 1.56. The van der Waals surface area contributed by atoms with E-state index < -0.39 is 10.8 Å². The lowest BCUT2D eigenvalue weighted by atomic mass is 10.2. The fourth-order valence-corrected chi connectivity index (χ4v) is 4.17. The maximum Gasteiger partial charge on any atom is 0.0586 e. The van der Waals surface area contributed by atoms with Crippen LogP contribution in [0.3, 0.4) is 0 Å². The molecule has 0 saturated heterocycles. The quantitative estimate of drug-likeness (QED) is 0.804. The smallest absolute Gasteiger partial charge is 0.0586 e. The Labute approximate surface area is 125 Å². The molecule has 18 heavy (non-hydrogen) atoms. The summed E-state index contributed by atoms with van der Waals surface area (Å²) in [4.78, 5) is 0.798. The van der Waals surface area contributed by atoms with E-state index >= 15 is 0 Å². The highest BCUT2D eigenvalue weighted by Crippen LogP contribution is 2.27. The van der Waals surface area contributed by atoms with Gasteiger partial charge >= 0.3 is 0 Å². The van der Waals surface area contributed by atoms with Crippen LogP contribution in [0.15, 0.2) is 56.3 Å². The van der Waals surface area contributed by atoms with E-state index in [-0.39, 0.29) is 0 Å². The molecule has 0 spiro atoms. The number of anilines is 1. The van der Waals surface area contributed by atoms with Crippen molar-refractivity contribution in [2.75, 3.05) is 5.73 Å². The highest BCUT2D eigenvalue weighted by molar-refractivity contribution is 9.11. The number of hydrogen-bond donors (Lipinski definition) is 1. The maximum atomic E-state index is 12.3. The second kappa shape index (κ2) is 5.99. The molecule has 0 saturated carbocycles. The number of halogens is 2. The molecule has 2 rings (SSSR count). The molecule has 0 fully saturated rings. The van der Waals surface area contributed by atoms with Crippen LogP contribution in [0, 0.1) is 0 Å². The van der Waals surface area contributed by atoms with E-state index in [4.69, 9.17) is 5.73 Å². The molecule has 1 unspecified atom stereocenters. The summed E-state index contributed by atoms with van der Waals surface area (Å²) < 4.78 is 14.0. The molecule has 2 N–H and O–H groups in total. The summed E-state index contributed by atoms with van der Waals surface area (Å²) in [5, 5.41) is 0. The van der Waals surface area contributed by atoms with Gasteiger partial charge in [-0.15, -0.1) is 0 Å². The molecule has 0 heterocycles. The molecule has 0 radical (unpaired) electrons. The Kier molecular flexibility index (Phi) is 4.59. The van der Waals surface area contributed by atoms with Gasteiger partial charge in [0, 0.05) is 14.6 Å². The Morgan fingerprint density at radius 2 is 1.78 bits per heavy atom. The summed E-state index contributed by atoms with van der Waals surface area (Å²) in [5.74, 6) is 0.439. The van der Waals surface area contributed by atoms with Crippen molar-refractivity contribution in [1.82, 2.24) is 0 Å². The topological polar surface area (TPSA) is 43.1 Å². The van der Waals surface area contributed by atoms with Crippen molar-refractivity contribution in [3.05, 3.63) is 57.0 Å². The summed E-state index contributed by atoms with van der Waals surface area (Å²) in [6.07, 6.45) is 0. The number of rotatable bonds is 3. The zero-order chi connectivity index (χ0) is 13.1. The standard InChI is InChI=1S/C13H11Br2NOS/c14-10-5-1-2-7-12(10)18(17)8-9-4-3-6-11(16)13(9)15/h1-7H,8,16H2. The van der Waals surface area contributed by atoms with Gasteiger partial charge in [-0.05, 0) is 55.6 Å². The Balaban J connectivity index is 2.27. The number of nitrogen functional groups attached to an aromatic ring is 1. The van der Waals surface area contributed by atoms with Crippen molar-refractivity contribution in [1.29, 1.82) is 0 Å². The lowest BCUT2D eigenvalue weighted by Crippen LogP contribution is -1.99. The van der Waals surface area contributed by atoms with Gasteiger partial charge in [-0.2, -0.15) is 0 Å². The minimum absolute atomic E-state index is 0.439. The molecule has 2 aromatic carbocycles. The molecule has 0 aliphatic rings. The Bertz CT molecular complexity index is 601. The van der Waals surface area contributed by atoms with Gasteiger partial charge in [0.1, 0.15) is 0 Å². The lowest BCUT2D eigenvalue weighted by molar-refractivity contribution is 0.682. The molecular weight excluding hydrogens is 378 g/mol. The largest absolute Gasteiger partial charge is 0.398 e. The molecule has 2 nitrogen and oxygen atoms in total. The Hall–Kier alpha value is -0.650. The van der Waals surface area contributed by atoms with Crippen molar-refractivity contribution in [2.24, 2.45) is 0 Å². The first-order valence-corrected chi connectivity index (χ1v) is 8.16. The number of benzene rings is 2. The predicted octanol–water partition coefficient (Wildman–Crippen LogP) is 4.10. The van der Waals surface area contributed by atoms with Crippen LogP contribution < -0.4 is 5.73 Å². The van der Waals surface area contributed by atoms with Crippen molar-refractivity contribution in [3.63, 3.8) is 0 Å². The first kappa shape index (κ1) is 13.8. The third-order valence-electron chi connectivity index (χ3n) is 2.48. The van der Waals surface area contributed by atoms with Gasteiger partial charge in [0.2, 0.25) is 0 Å². The summed E-state index contributed by atoms with van der Waals surface area (Å²) in [5.41, 5.74) is 7.42. The fraction of sp³-hybridized carbons (Fsp3) is 0.0769. The van der Waals surface area contributed by atoms with Crippen LogP contribution in [-0.4, -0.2) is 4.21 Å². The highest BCUT2D eigenvalue weighted by Gasteiger charge is 2.11. The predicted molar refractivity (Wildman–Crippen MR) is 82.8 cm³/mol. The zero-order valence-corrected chi connectivity index (χ0v) is 13.4. The minimum atomic E-state index is -1.10. The molecule has 1 atom stereocenters. The van der Waals surface area contributed by atoms with Crippen LogP contribution >= 0.6 is 31.9 Å². The maximum absolute atomic E-state index is 12.3. The zero-order valence-electron chi connectivity index (χ0n) is 9.40. The van der Waals surface area contributed by atoms with Gasteiger partial charge < -0.3 is 5.73 Å². The van der Waals surface area contributed by atoms with Gasteiger partial charge in [-0.3, -0.25) is 4.21 Å². The summed E-state index contributed by atoms with van der Waals surface area (Å²) in [6, 6.07) is 13.1. The molecule has 0 aliphatic carbocycles. The van der Waals surface area contributed by atoms with Crippen LogP contribution in [-0.2, 0) is 16.6 Å². The Morgan fingerprint density at radius 3 is 2.50 bits per heavy atom. The second-order valence-corrected chi connectivity index (χ2v) is 6.81. The SMILES string of the molecule is Nc1cccc(CS(=O)c2ccccc2Br)c1Br. The molecule has 0 bridgehead atoms. The lowest BCUT2D eigenvalue weighted by Gasteiger charge is -2.08. The molecule has 5 heteroatoms. The van der Waals surface area contributed by atoms with Crippen LogP contribution in [0.5, 0.6) is 0 Å². The molecule has 94 valence electrons. The molecule has 0 aliphatic heterocycles. The first-order chi connectivity index (χ1) is 8.59. The average Bonchev–Trinajstić information content (AvgIpc) is 2.35. The second-order valence-electron chi connectivity index (χ2n) is 3.74. The normalized spacial score (nSPS) is 12.3. The van der Waals surface area contributed by atoms with E-state index in [9.17, 15) is 4.21 Å². The van der Waals surface area contributed by atoms with Crippen molar-refractivity contribution in [2.45, 2.75) is 10.6 Å². The molecule has 2 aromatic rings. The van der Waals surface area contributed by atoms with Gasteiger partial charge in [0.05, 0.1) is 21.4 Å². The first-order valence-electron chi connectivity index (χ1n) is 5.25. The monoisotopic (exact) mass is 387 g/mol. The van der Waals surface area contributed by atoms with Crippen molar-refractivity contribution < 1.29 is 4.21 Å². The third kappa shape index (κ3) is 3.02. The minimum Gasteiger partial charge on any atom is -0.398 e. The van der Waals surface area contributed by atoms with Gasteiger partial charge in [0.25, 0.3) is 0 Å². The van der Waals surface area contributed by atoms with Crippen LogP contribution in [0.25, 0.3) is 0 Å². The van der Waals surface area contributed by atoms with E-state index in [1.807, 2.05) is 42.5 Å². The average molecular weight is 389 g/mol. The van der Waals surface area contributed by atoms with E-state index in [0.717, 1.165) is 19.4 Å². The van der Waals surface area contributed by atoms with Gasteiger partial charge in [-0.25, -0.2) is 0 Å². The third-order valence-corrected chi connectivity index (χ3v) is 5.82. The van der Waals surface area contributed by atoms with E-state index in [0.29, 0.717) is 11.4 Å².